The van der Waals surface area contributed by atoms with Crippen LogP contribution >= 0.6 is 0 Å². The molecule has 4 nitrogen and oxygen atoms in total. The van der Waals surface area contributed by atoms with E-state index >= 15 is 0 Å². The Bertz CT molecular complexity index is 685. The van der Waals surface area contributed by atoms with Gasteiger partial charge in [0, 0.05) is 12.5 Å². The molecular weight excluding hydrogens is 302 g/mol. The smallest absolute Gasteiger partial charge is 0.240 e. The third-order valence-electron chi connectivity index (χ3n) is 3.25. The van der Waals surface area contributed by atoms with Crippen molar-refractivity contribution < 1.29 is 18.4 Å². The van der Waals surface area contributed by atoms with Gasteiger partial charge in [0.2, 0.25) is 11.8 Å². The van der Waals surface area contributed by atoms with Gasteiger partial charge in [-0.1, -0.05) is 30.3 Å². The zero-order chi connectivity index (χ0) is 16.8. The fourth-order valence-electron chi connectivity index (χ4n) is 2.22. The molecule has 3 N–H and O–H groups in total. The van der Waals surface area contributed by atoms with Crippen molar-refractivity contribution in [3.05, 3.63) is 71.3 Å². The molecule has 0 aliphatic heterocycles. The maximum atomic E-state index is 13.1. The Morgan fingerprint density at radius 3 is 2.17 bits per heavy atom. The third-order valence-corrected chi connectivity index (χ3v) is 3.25. The van der Waals surface area contributed by atoms with Crippen LogP contribution in [0.5, 0.6) is 0 Å². The van der Waals surface area contributed by atoms with E-state index in [0.717, 1.165) is 23.8 Å². The van der Waals surface area contributed by atoms with Gasteiger partial charge < -0.3 is 11.1 Å². The predicted molar refractivity (Wildman–Crippen MR) is 81.3 cm³/mol. The highest BCUT2D eigenvalue weighted by molar-refractivity contribution is 5.87. The number of primary amides is 1. The maximum absolute atomic E-state index is 13.1. The van der Waals surface area contributed by atoms with Gasteiger partial charge in [0.05, 0.1) is 6.42 Å². The lowest BCUT2D eigenvalue weighted by Crippen LogP contribution is -2.46. The van der Waals surface area contributed by atoms with Crippen molar-refractivity contribution in [3.63, 3.8) is 0 Å². The number of hydrogen-bond donors (Lipinski definition) is 2. The molecule has 2 rings (SSSR count). The Morgan fingerprint density at radius 2 is 1.61 bits per heavy atom. The van der Waals surface area contributed by atoms with Crippen molar-refractivity contribution >= 4 is 11.8 Å². The summed E-state index contributed by atoms with van der Waals surface area (Å²) in [6.07, 6.45) is 0.00662. The van der Waals surface area contributed by atoms with Gasteiger partial charge >= 0.3 is 0 Å². The molecule has 0 bridgehead atoms. The van der Waals surface area contributed by atoms with Gasteiger partial charge in [-0.25, -0.2) is 8.78 Å². The van der Waals surface area contributed by atoms with E-state index in [1.165, 1.54) is 0 Å². The number of halogens is 2. The number of carbonyl (C=O) groups excluding carboxylic acids is 2. The summed E-state index contributed by atoms with van der Waals surface area (Å²) in [5, 5.41) is 2.49. The normalized spacial score (nSPS) is 11.7. The maximum Gasteiger partial charge on any atom is 0.240 e. The van der Waals surface area contributed by atoms with Gasteiger partial charge in [0.15, 0.2) is 0 Å². The molecule has 0 heterocycles. The molecule has 0 radical (unpaired) electrons. The van der Waals surface area contributed by atoms with Crippen LogP contribution < -0.4 is 11.1 Å². The monoisotopic (exact) mass is 318 g/mol. The van der Waals surface area contributed by atoms with Gasteiger partial charge in [0.1, 0.15) is 17.7 Å². The standard InChI is InChI=1S/C17H16F2N2O2/c18-13-6-12(7-14(19)10-13)9-16(22)21-15(17(20)23)8-11-4-2-1-3-5-11/h1-7,10,15H,8-9H2,(H2,20,23)(H,21,22)/t15-/m1/s1. The first kappa shape index (κ1) is 16.6. The summed E-state index contributed by atoms with van der Waals surface area (Å²) < 4.78 is 26.2. The number of hydrogen-bond acceptors (Lipinski definition) is 2. The van der Waals surface area contributed by atoms with Crippen molar-refractivity contribution in [2.45, 2.75) is 18.9 Å². The number of nitrogens with one attached hydrogen (secondary N) is 1. The van der Waals surface area contributed by atoms with Crippen LogP contribution in [-0.4, -0.2) is 17.9 Å². The summed E-state index contributed by atoms with van der Waals surface area (Å²) in [6, 6.07) is 11.0. The summed E-state index contributed by atoms with van der Waals surface area (Å²) in [6.45, 7) is 0. The van der Waals surface area contributed by atoms with E-state index in [9.17, 15) is 18.4 Å². The molecule has 2 amide bonds. The second-order valence-electron chi connectivity index (χ2n) is 5.17. The molecule has 120 valence electrons. The fraction of sp³-hybridized carbons (Fsp3) is 0.176. The van der Waals surface area contributed by atoms with Crippen molar-refractivity contribution in [1.82, 2.24) is 5.32 Å². The fourth-order valence-corrected chi connectivity index (χ4v) is 2.22. The number of nitrogens with two attached hydrogens (primary N) is 1. The second kappa shape index (κ2) is 7.49. The van der Waals surface area contributed by atoms with Crippen LogP contribution in [0.25, 0.3) is 0 Å². The first-order valence-corrected chi connectivity index (χ1v) is 7.01. The lowest BCUT2D eigenvalue weighted by atomic mass is 10.0. The first-order chi connectivity index (χ1) is 10.9. The number of benzene rings is 2. The Labute approximate surface area is 132 Å². The minimum Gasteiger partial charge on any atom is -0.368 e. The zero-order valence-corrected chi connectivity index (χ0v) is 12.3. The highest BCUT2D eigenvalue weighted by atomic mass is 19.1. The minimum absolute atomic E-state index is 0.183. The second-order valence-corrected chi connectivity index (χ2v) is 5.17. The molecule has 2 aromatic carbocycles. The highest BCUT2D eigenvalue weighted by Gasteiger charge is 2.19. The Hall–Kier alpha value is -2.76. The van der Waals surface area contributed by atoms with E-state index in [1.54, 1.807) is 0 Å². The molecule has 0 aliphatic carbocycles. The zero-order valence-electron chi connectivity index (χ0n) is 12.3. The summed E-state index contributed by atoms with van der Waals surface area (Å²) in [5.41, 5.74) is 6.33. The average Bonchev–Trinajstić information content (AvgIpc) is 2.46. The van der Waals surface area contributed by atoms with Crippen LogP contribution in [0.4, 0.5) is 8.78 Å². The van der Waals surface area contributed by atoms with Gasteiger partial charge in [-0.2, -0.15) is 0 Å². The van der Waals surface area contributed by atoms with Crippen molar-refractivity contribution in [2.24, 2.45) is 5.73 Å². The molecule has 0 spiro atoms. The average molecular weight is 318 g/mol. The quantitative estimate of drug-likeness (QED) is 0.851. The highest BCUT2D eigenvalue weighted by Crippen LogP contribution is 2.09. The van der Waals surface area contributed by atoms with E-state index in [-0.39, 0.29) is 18.4 Å². The molecule has 0 aromatic heterocycles. The van der Waals surface area contributed by atoms with Crippen molar-refractivity contribution in [3.8, 4) is 0 Å². The Balaban J connectivity index is 2.02. The van der Waals surface area contributed by atoms with Gasteiger partial charge in [-0.05, 0) is 23.3 Å². The van der Waals surface area contributed by atoms with Gasteiger partial charge in [0.25, 0.3) is 0 Å². The van der Waals surface area contributed by atoms with Crippen LogP contribution in [0.15, 0.2) is 48.5 Å². The van der Waals surface area contributed by atoms with E-state index in [1.807, 2.05) is 30.3 Å². The molecule has 1 atom stereocenters. The lowest BCUT2D eigenvalue weighted by molar-refractivity contribution is -0.127. The van der Waals surface area contributed by atoms with E-state index < -0.39 is 29.5 Å². The van der Waals surface area contributed by atoms with Crippen LogP contribution in [0.3, 0.4) is 0 Å². The molecular formula is C17H16F2N2O2. The summed E-state index contributed by atoms with van der Waals surface area (Å²) in [7, 11) is 0. The topological polar surface area (TPSA) is 72.2 Å². The molecule has 0 saturated heterocycles. The van der Waals surface area contributed by atoms with Crippen LogP contribution in [-0.2, 0) is 22.4 Å². The molecule has 6 heteroatoms. The van der Waals surface area contributed by atoms with Crippen LogP contribution in [0, 0.1) is 11.6 Å². The molecule has 23 heavy (non-hydrogen) atoms. The van der Waals surface area contributed by atoms with E-state index in [0.29, 0.717) is 0 Å². The van der Waals surface area contributed by atoms with E-state index in [4.69, 9.17) is 5.73 Å². The molecule has 0 aliphatic rings. The van der Waals surface area contributed by atoms with Crippen molar-refractivity contribution in [1.29, 1.82) is 0 Å². The van der Waals surface area contributed by atoms with Gasteiger partial charge in [-0.3, -0.25) is 9.59 Å². The molecule has 2 aromatic rings. The van der Waals surface area contributed by atoms with Gasteiger partial charge in [-0.15, -0.1) is 0 Å². The third kappa shape index (κ3) is 5.18. The largest absolute Gasteiger partial charge is 0.368 e. The summed E-state index contributed by atoms with van der Waals surface area (Å²) in [5.74, 6) is -2.73. The molecule has 0 fully saturated rings. The van der Waals surface area contributed by atoms with E-state index in [2.05, 4.69) is 5.32 Å². The van der Waals surface area contributed by atoms with Crippen LogP contribution in [0.1, 0.15) is 11.1 Å². The molecule has 0 saturated carbocycles. The predicted octanol–water partition coefficient (Wildman–Crippen LogP) is 1.72. The summed E-state index contributed by atoms with van der Waals surface area (Å²) in [4.78, 5) is 23.5. The minimum atomic E-state index is -0.886. The summed E-state index contributed by atoms with van der Waals surface area (Å²) >= 11 is 0. The first-order valence-electron chi connectivity index (χ1n) is 7.01. The number of rotatable bonds is 6. The Morgan fingerprint density at radius 1 is 1.00 bits per heavy atom. The van der Waals surface area contributed by atoms with Crippen LogP contribution in [0.2, 0.25) is 0 Å². The van der Waals surface area contributed by atoms with Crippen molar-refractivity contribution in [2.75, 3.05) is 0 Å². The SMILES string of the molecule is NC(=O)[C@@H](Cc1ccccc1)NC(=O)Cc1cc(F)cc(F)c1. The number of carbonyl (C=O) groups is 2. The Kier molecular flexibility index (Phi) is 5.41. The molecule has 0 unspecified atom stereocenters. The number of amides is 2. The lowest BCUT2D eigenvalue weighted by Gasteiger charge is -2.15.